The van der Waals surface area contributed by atoms with Crippen LogP contribution in [0.5, 0.6) is 0 Å². The first-order valence-electron chi connectivity index (χ1n) is 2.71. The maximum Gasteiger partial charge on any atom is 0.274 e. The van der Waals surface area contributed by atoms with Crippen LogP contribution in [0.25, 0.3) is 0 Å². The first-order chi connectivity index (χ1) is 4.96. The van der Waals surface area contributed by atoms with E-state index in [1.54, 1.807) is 6.08 Å². The second-order valence-electron chi connectivity index (χ2n) is 1.95. The van der Waals surface area contributed by atoms with E-state index in [-0.39, 0.29) is 0 Å². The molecule has 1 N–H and O–H groups in total. The highest BCUT2D eigenvalue weighted by Crippen LogP contribution is 2.26. The van der Waals surface area contributed by atoms with Gasteiger partial charge in [-0.2, -0.15) is 0 Å². The molecule has 1 unspecified atom stereocenters. The third-order valence-electron chi connectivity index (χ3n) is 1.15. The molecule has 0 amide bonds. The van der Waals surface area contributed by atoms with Gasteiger partial charge >= 0.3 is 0 Å². The van der Waals surface area contributed by atoms with E-state index in [0.29, 0.717) is 0 Å². The molecule has 0 saturated heterocycles. The van der Waals surface area contributed by atoms with Gasteiger partial charge in [-0.1, -0.05) is 17.7 Å². The average molecular weight is 214 g/mol. The highest BCUT2D eigenvalue weighted by molar-refractivity contribution is 8.15. The molecule has 1 aliphatic heterocycles. The van der Waals surface area contributed by atoms with Crippen molar-refractivity contribution < 1.29 is 8.42 Å². The van der Waals surface area contributed by atoms with Gasteiger partial charge in [0.1, 0.15) is 0 Å². The van der Waals surface area contributed by atoms with Crippen molar-refractivity contribution in [1.29, 1.82) is 0 Å². The minimum Gasteiger partial charge on any atom is -0.356 e. The Balaban J connectivity index is 3.04. The summed E-state index contributed by atoms with van der Waals surface area (Å²) in [6.45, 7) is 0. The summed E-state index contributed by atoms with van der Waals surface area (Å²) in [4.78, 5) is 0. The van der Waals surface area contributed by atoms with Crippen molar-refractivity contribution in [2.75, 3.05) is 0 Å². The van der Waals surface area contributed by atoms with Gasteiger partial charge in [0.25, 0.3) is 9.05 Å². The molecule has 1 rings (SSSR count). The average Bonchev–Trinajstić information content (AvgIpc) is 1.87. The Labute approximate surface area is 74.1 Å². The summed E-state index contributed by atoms with van der Waals surface area (Å²) in [5.41, 5.74) is 0. The molecule has 3 nitrogen and oxygen atoms in total. The molecule has 0 saturated carbocycles. The molecule has 0 radical (unpaired) electrons. The van der Waals surface area contributed by atoms with Crippen LogP contribution in [0, 0.1) is 0 Å². The largest absolute Gasteiger partial charge is 0.356 e. The van der Waals surface area contributed by atoms with Crippen LogP contribution < -0.4 is 5.32 Å². The van der Waals surface area contributed by atoms with E-state index in [4.69, 9.17) is 22.3 Å². The second-order valence-corrected chi connectivity index (χ2v) is 5.50. The molecule has 6 heteroatoms. The summed E-state index contributed by atoms with van der Waals surface area (Å²) >= 11 is 5.58. The third kappa shape index (κ3) is 1.69. The van der Waals surface area contributed by atoms with Gasteiger partial charge in [-0.05, 0) is 18.4 Å². The highest BCUT2D eigenvalue weighted by atomic mass is 35.7. The maximum absolute atomic E-state index is 10.8. The molecule has 0 aromatic rings. The lowest BCUT2D eigenvalue weighted by atomic mass is 10.4. The van der Waals surface area contributed by atoms with E-state index in [2.05, 4.69) is 5.32 Å². The van der Waals surface area contributed by atoms with Crippen molar-refractivity contribution in [1.82, 2.24) is 5.32 Å². The number of halogens is 2. The lowest BCUT2D eigenvalue weighted by molar-refractivity contribution is 0.588. The Morgan fingerprint density at radius 1 is 1.36 bits per heavy atom. The minimum atomic E-state index is -3.84. The van der Waals surface area contributed by atoms with Crippen LogP contribution in [-0.4, -0.2) is 12.7 Å². The molecule has 62 valence electrons. The van der Waals surface area contributed by atoms with E-state index in [9.17, 15) is 8.42 Å². The zero-order chi connectivity index (χ0) is 8.54. The van der Waals surface area contributed by atoms with Gasteiger partial charge in [0.05, 0.1) is 0 Å². The zero-order valence-corrected chi connectivity index (χ0v) is 7.62. The summed E-state index contributed by atoms with van der Waals surface area (Å²) in [7, 11) is 1.21. The smallest absolute Gasteiger partial charge is 0.274 e. The Kier molecular flexibility index (Phi) is 2.18. The van der Waals surface area contributed by atoms with Gasteiger partial charge < -0.3 is 5.32 Å². The lowest BCUT2D eigenvalue weighted by Crippen LogP contribution is -2.40. The molecule has 0 aromatic carbocycles. The second kappa shape index (κ2) is 2.69. The van der Waals surface area contributed by atoms with Crippen molar-refractivity contribution in [3.8, 4) is 0 Å². The topological polar surface area (TPSA) is 46.2 Å². The van der Waals surface area contributed by atoms with Crippen LogP contribution in [-0.2, 0) is 9.05 Å². The fourth-order valence-electron chi connectivity index (χ4n) is 0.596. The van der Waals surface area contributed by atoms with Crippen LogP contribution in [0.3, 0.4) is 0 Å². The van der Waals surface area contributed by atoms with Crippen molar-refractivity contribution in [3.63, 3.8) is 0 Å². The van der Waals surface area contributed by atoms with Crippen molar-refractivity contribution in [2.45, 2.75) is 4.33 Å². The molecule has 0 fully saturated rings. The predicted octanol–water partition coefficient (Wildman–Crippen LogP) is 1.12. The molecule has 1 aliphatic rings. The van der Waals surface area contributed by atoms with Gasteiger partial charge in [0, 0.05) is 10.7 Å². The number of hydrogen-bond acceptors (Lipinski definition) is 3. The fourth-order valence-corrected chi connectivity index (χ4v) is 1.47. The normalized spacial score (nSPS) is 30.0. The number of dihydropyridines is 1. The predicted molar refractivity (Wildman–Crippen MR) is 44.8 cm³/mol. The first kappa shape index (κ1) is 8.90. The summed E-state index contributed by atoms with van der Waals surface area (Å²) in [5, 5.41) is 2.41. The fraction of sp³-hybridized carbons (Fsp3) is 0.200. The first-order valence-corrected chi connectivity index (χ1v) is 5.40. The number of alkyl halides is 1. The van der Waals surface area contributed by atoms with Gasteiger partial charge in [-0.15, -0.1) is 0 Å². The van der Waals surface area contributed by atoms with E-state index in [1.165, 1.54) is 18.4 Å². The summed E-state index contributed by atoms with van der Waals surface area (Å²) < 4.78 is 19.9. The van der Waals surface area contributed by atoms with Gasteiger partial charge in [-0.3, -0.25) is 0 Å². The molecule has 11 heavy (non-hydrogen) atoms. The number of rotatable bonds is 1. The van der Waals surface area contributed by atoms with E-state index >= 15 is 0 Å². The zero-order valence-electron chi connectivity index (χ0n) is 5.29. The molecule has 0 bridgehead atoms. The van der Waals surface area contributed by atoms with E-state index in [0.717, 1.165) is 0 Å². The summed E-state index contributed by atoms with van der Waals surface area (Å²) in [6, 6.07) is 0. The molecule has 0 aliphatic carbocycles. The van der Waals surface area contributed by atoms with Crippen molar-refractivity contribution in [2.24, 2.45) is 0 Å². The van der Waals surface area contributed by atoms with E-state index < -0.39 is 13.4 Å². The van der Waals surface area contributed by atoms with Gasteiger partial charge in [0.15, 0.2) is 0 Å². The maximum atomic E-state index is 10.8. The highest BCUT2D eigenvalue weighted by Gasteiger charge is 2.37. The Hall–Kier alpha value is -0.190. The number of allylic oxidation sites excluding steroid dienone is 2. The SMILES string of the molecule is O=S(=O)(Cl)C1(Cl)C=CC=CN1. The number of hydrogen-bond donors (Lipinski definition) is 1. The molecular weight excluding hydrogens is 209 g/mol. The summed E-state index contributed by atoms with van der Waals surface area (Å²) in [5.74, 6) is 0. The van der Waals surface area contributed by atoms with E-state index in [1.807, 2.05) is 0 Å². The lowest BCUT2D eigenvalue weighted by Gasteiger charge is -2.21. The Morgan fingerprint density at radius 2 is 2.00 bits per heavy atom. The van der Waals surface area contributed by atoms with Crippen LogP contribution in [0.15, 0.2) is 24.4 Å². The Morgan fingerprint density at radius 3 is 2.27 bits per heavy atom. The third-order valence-corrected chi connectivity index (χ3v) is 3.93. The van der Waals surface area contributed by atoms with Crippen molar-refractivity contribution in [3.05, 3.63) is 24.4 Å². The van der Waals surface area contributed by atoms with Gasteiger partial charge in [0.2, 0.25) is 4.33 Å². The molecule has 1 heterocycles. The van der Waals surface area contributed by atoms with Crippen molar-refractivity contribution >= 4 is 31.3 Å². The quantitative estimate of drug-likeness (QED) is 0.404. The molecular formula is C5H5Cl2NO2S. The number of nitrogens with one attached hydrogen (secondary N) is 1. The monoisotopic (exact) mass is 213 g/mol. The van der Waals surface area contributed by atoms with Gasteiger partial charge in [-0.25, -0.2) is 8.42 Å². The molecule has 0 spiro atoms. The van der Waals surface area contributed by atoms with Crippen LogP contribution in [0.1, 0.15) is 0 Å². The Bertz CT molecular complexity index is 308. The van der Waals surface area contributed by atoms with Crippen LogP contribution in [0.2, 0.25) is 0 Å². The van der Waals surface area contributed by atoms with Crippen LogP contribution >= 0.6 is 22.3 Å². The summed E-state index contributed by atoms with van der Waals surface area (Å²) in [6.07, 6.45) is 5.79. The minimum absolute atomic E-state index is 1.26. The molecule has 0 aromatic heterocycles. The van der Waals surface area contributed by atoms with Crippen LogP contribution in [0.4, 0.5) is 0 Å². The standard InChI is InChI=1S/C5H5Cl2NO2S/c6-5(11(7,9)10)3-1-2-4-8-5/h1-4,8H. The molecule has 1 atom stereocenters.